The number of hydrogen-bond donors (Lipinski definition) is 1. The first kappa shape index (κ1) is 21.2. The Labute approximate surface area is 164 Å². The predicted octanol–water partition coefficient (Wildman–Crippen LogP) is 1.81. The number of carbonyl (C=O) groups excluding carboxylic acids is 1. The Morgan fingerprint density at radius 2 is 1.89 bits per heavy atom. The van der Waals surface area contributed by atoms with Crippen molar-refractivity contribution in [2.75, 3.05) is 52.9 Å². The van der Waals surface area contributed by atoms with Crippen LogP contribution in [0.1, 0.15) is 31.9 Å². The number of carbonyl (C=O) groups is 1. The summed E-state index contributed by atoms with van der Waals surface area (Å²) in [5.41, 5.74) is 2.90. The number of amides is 1. The molecule has 150 valence electrons. The van der Waals surface area contributed by atoms with Crippen molar-refractivity contribution in [2.24, 2.45) is 4.99 Å². The molecule has 0 saturated heterocycles. The second-order valence-electron chi connectivity index (χ2n) is 6.95. The third kappa shape index (κ3) is 6.24. The molecule has 1 aromatic carbocycles. The summed E-state index contributed by atoms with van der Waals surface area (Å²) in [7, 11) is 1.93. The smallest absolute Gasteiger partial charge is 0.242 e. The topological polar surface area (TPSA) is 51.2 Å². The van der Waals surface area contributed by atoms with Crippen molar-refractivity contribution in [1.29, 1.82) is 0 Å². The van der Waals surface area contributed by atoms with E-state index in [1.807, 2.05) is 30.7 Å². The predicted molar refractivity (Wildman–Crippen MR) is 112 cm³/mol. The third-order valence-electron chi connectivity index (χ3n) is 5.07. The number of benzene rings is 1. The van der Waals surface area contributed by atoms with Crippen LogP contribution in [0, 0.1) is 0 Å². The second-order valence-corrected chi connectivity index (χ2v) is 6.95. The van der Waals surface area contributed by atoms with Gasteiger partial charge >= 0.3 is 0 Å². The van der Waals surface area contributed by atoms with Crippen LogP contribution in [0.25, 0.3) is 0 Å². The second kappa shape index (κ2) is 10.9. The van der Waals surface area contributed by atoms with E-state index in [1.54, 1.807) is 0 Å². The minimum Gasteiger partial charge on any atom is -0.357 e. The highest BCUT2D eigenvalue weighted by Crippen LogP contribution is 2.17. The van der Waals surface area contributed by atoms with Crippen molar-refractivity contribution in [3.63, 3.8) is 0 Å². The highest BCUT2D eigenvalue weighted by Gasteiger charge is 2.17. The van der Waals surface area contributed by atoms with Gasteiger partial charge in [-0.3, -0.25) is 14.7 Å². The largest absolute Gasteiger partial charge is 0.357 e. The van der Waals surface area contributed by atoms with Crippen LogP contribution in [0.3, 0.4) is 0 Å². The first-order chi connectivity index (χ1) is 13.1. The maximum absolute atomic E-state index is 12.4. The van der Waals surface area contributed by atoms with Crippen molar-refractivity contribution < 1.29 is 4.79 Å². The SMILES string of the molecule is CCNC(=NCCN1CCc2ccccc2C1)N(C)CC(=O)N(CC)CC. The number of hydrogen-bond acceptors (Lipinski definition) is 3. The van der Waals surface area contributed by atoms with E-state index >= 15 is 0 Å². The van der Waals surface area contributed by atoms with Gasteiger partial charge in [-0.1, -0.05) is 24.3 Å². The summed E-state index contributed by atoms with van der Waals surface area (Å²) in [6.45, 7) is 12.4. The van der Waals surface area contributed by atoms with Gasteiger partial charge in [-0.15, -0.1) is 0 Å². The Morgan fingerprint density at radius 1 is 1.19 bits per heavy atom. The molecule has 1 aromatic rings. The fourth-order valence-electron chi connectivity index (χ4n) is 3.47. The van der Waals surface area contributed by atoms with Crippen molar-refractivity contribution in [3.8, 4) is 0 Å². The molecular weight excluding hydrogens is 338 g/mol. The zero-order valence-corrected chi connectivity index (χ0v) is 17.4. The summed E-state index contributed by atoms with van der Waals surface area (Å²) in [5, 5.41) is 3.30. The van der Waals surface area contributed by atoms with Crippen LogP contribution in [-0.2, 0) is 17.8 Å². The van der Waals surface area contributed by atoms with Gasteiger partial charge in [0.25, 0.3) is 0 Å². The first-order valence-corrected chi connectivity index (χ1v) is 10.1. The first-order valence-electron chi connectivity index (χ1n) is 10.1. The van der Waals surface area contributed by atoms with Crippen LogP contribution < -0.4 is 5.32 Å². The number of fused-ring (bicyclic) bond motifs is 1. The van der Waals surface area contributed by atoms with Gasteiger partial charge in [0.15, 0.2) is 5.96 Å². The van der Waals surface area contributed by atoms with Crippen LogP contribution in [0.15, 0.2) is 29.3 Å². The lowest BCUT2D eigenvalue weighted by atomic mass is 10.00. The summed E-state index contributed by atoms with van der Waals surface area (Å²) >= 11 is 0. The quantitative estimate of drug-likeness (QED) is 0.558. The molecule has 0 spiro atoms. The number of nitrogens with one attached hydrogen (secondary N) is 1. The molecular formula is C21H35N5O. The monoisotopic (exact) mass is 373 g/mol. The fraction of sp³-hybridized carbons (Fsp3) is 0.619. The summed E-state index contributed by atoms with van der Waals surface area (Å²) < 4.78 is 0. The number of likely N-dealkylation sites (N-methyl/N-ethyl adjacent to an activating group) is 2. The molecule has 6 heteroatoms. The fourth-order valence-corrected chi connectivity index (χ4v) is 3.47. The van der Waals surface area contributed by atoms with Crippen LogP contribution in [0.2, 0.25) is 0 Å². The van der Waals surface area contributed by atoms with Gasteiger partial charge in [-0.05, 0) is 38.3 Å². The van der Waals surface area contributed by atoms with Gasteiger partial charge < -0.3 is 15.1 Å². The molecule has 27 heavy (non-hydrogen) atoms. The molecule has 0 radical (unpaired) electrons. The van der Waals surface area contributed by atoms with E-state index in [2.05, 4.69) is 41.4 Å². The maximum atomic E-state index is 12.4. The molecule has 0 bridgehead atoms. The third-order valence-corrected chi connectivity index (χ3v) is 5.07. The molecule has 0 unspecified atom stereocenters. The molecule has 1 N–H and O–H groups in total. The van der Waals surface area contributed by atoms with Crippen LogP contribution in [0.5, 0.6) is 0 Å². The lowest BCUT2D eigenvalue weighted by molar-refractivity contribution is -0.131. The van der Waals surface area contributed by atoms with Crippen molar-refractivity contribution >= 4 is 11.9 Å². The van der Waals surface area contributed by atoms with Crippen LogP contribution >= 0.6 is 0 Å². The van der Waals surface area contributed by atoms with Crippen molar-refractivity contribution in [1.82, 2.24) is 20.0 Å². The Hall–Kier alpha value is -2.08. The number of guanidine groups is 1. The highest BCUT2D eigenvalue weighted by atomic mass is 16.2. The average Bonchev–Trinajstić information content (AvgIpc) is 2.68. The molecule has 0 fully saturated rings. The zero-order valence-electron chi connectivity index (χ0n) is 17.4. The van der Waals surface area contributed by atoms with Gasteiger partial charge in [-0.2, -0.15) is 0 Å². The van der Waals surface area contributed by atoms with E-state index in [0.717, 1.165) is 58.2 Å². The lowest BCUT2D eigenvalue weighted by Crippen LogP contribution is -2.46. The normalized spacial score (nSPS) is 14.6. The standard InChI is InChI=1S/C21H35N5O/c1-5-22-21(24(4)17-20(27)26(6-2)7-3)23-13-15-25-14-12-18-10-8-9-11-19(18)16-25/h8-11H,5-7,12-17H2,1-4H3,(H,22,23). The molecule has 6 nitrogen and oxygen atoms in total. The van der Waals surface area contributed by atoms with Gasteiger partial charge in [0, 0.05) is 46.3 Å². The van der Waals surface area contributed by atoms with Crippen molar-refractivity contribution in [3.05, 3.63) is 35.4 Å². The molecule has 0 aliphatic carbocycles. The minimum atomic E-state index is 0.140. The zero-order chi connectivity index (χ0) is 19.6. The summed E-state index contributed by atoms with van der Waals surface area (Å²) in [5.74, 6) is 0.941. The molecule has 0 atom stereocenters. The number of rotatable bonds is 8. The molecule has 1 aliphatic rings. The summed E-state index contributed by atoms with van der Waals surface area (Å²) in [4.78, 5) is 23.3. The molecule has 1 amide bonds. The van der Waals surface area contributed by atoms with Gasteiger partial charge in [0.05, 0.1) is 13.1 Å². The molecule has 0 aromatic heterocycles. The van der Waals surface area contributed by atoms with E-state index in [9.17, 15) is 4.79 Å². The van der Waals surface area contributed by atoms with E-state index in [1.165, 1.54) is 11.1 Å². The highest BCUT2D eigenvalue weighted by molar-refractivity contribution is 5.86. The maximum Gasteiger partial charge on any atom is 0.242 e. The molecule has 1 heterocycles. The average molecular weight is 374 g/mol. The molecule has 0 saturated carbocycles. The van der Waals surface area contributed by atoms with E-state index in [-0.39, 0.29) is 5.91 Å². The van der Waals surface area contributed by atoms with Gasteiger partial charge in [0.1, 0.15) is 0 Å². The molecule has 2 rings (SSSR count). The Morgan fingerprint density at radius 3 is 2.56 bits per heavy atom. The number of nitrogens with zero attached hydrogens (tertiary/aromatic N) is 4. The van der Waals surface area contributed by atoms with E-state index in [0.29, 0.717) is 6.54 Å². The van der Waals surface area contributed by atoms with E-state index < -0.39 is 0 Å². The Balaban J connectivity index is 1.88. The minimum absolute atomic E-state index is 0.140. The van der Waals surface area contributed by atoms with Crippen LogP contribution in [0.4, 0.5) is 0 Å². The number of aliphatic imine (C=N–C) groups is 1. The van der Waals surface area contributed by atoms with Gasteiger partial charge in [-0.25, -0.2) is 0 Å². The van der Waals surface area contributed by atoms with E-state index in [4.69, 9.17) is 4.99 Å². The lowest BCUT2D eigenvalue weighted by Gasteiger charge is -2.28. The Bertz CT molecular complexity index is 627. The Kier molecular flexibility index (Phi) is 8.58. The van der Waals surface area contributed by atoms with Crippen molar-refractivity contribution in [2.45, 2.75) is 33.7 Å². The van der Waals surface area contributed by atoms with Crippen LogP contribution in [-0.4, -0.2) is 79.4 Å². The van der Waals surface area contributed by atoms with Gasteiger partial charge in [0.2, 0.25) is 5.91 Å². The molecule has 1 aliphatic heterocycles. The summed E-state index contributed by atoms with van der Waals surface area (Å²) in [6.07, 6.45) is 1.11. The summed E-state index contributed by atoms with van der Waals surface area (Å²) in [6, 6.07) is 8.69.